The highest BCUT2D eigenvalue weighted by Gasteiger charge is 2.24. The summed E-state index contributed by atoms with van der Waals surface area (Å²) in [6.45, 7) is 76.3. The lowest BCUT2D eigenvalue weighted by atomic mass is 9.78. The van der Waals surface area contributed by atoms with Crippen LogP contribution in [-0.2, 0) is 14.2 Å². The Bertz CT molecular complexity index is 891. The van der Waals surface area contributed by atoms with Crippen molar-refractivity contribution in [1.29, 1.82) is 0 Å². The Morgan fingerprint density at radius 1 is 0.259 bits per heavy atom. The predicted octanol–water partition coefficient (Wildman–Crippen LogP) is 25.1. The van der Waals surface area contributed by atoms with Gasteiger partial charge in [-0.25, -0.2) is 0 Å². The van der Waals surface area contributed by atoms with Gasteiger partial charge in [-0.2, -0.15) is 0 Å². The van der Waals surface area contributed by atoms with Gasteiger partial charge in [-0.05, 0) is 180 Å². The maximum Gasteiger partial charge on any atom is 0.0598 e. The summed E-state index contributed by atoms with van der Waals surface area (Å²) in [5.74, 6) is 12.0. The molecule has 5 nitrogen and oxygen atoms in total. The summed E-state index contributed by atoms with van der Waals surface area (Å²) in [7, 11) is 0. The third-order valence-corrected chi connectivity index (χ3v) is 16.3. The maximum atomic E-state index is 5.54. The Hall–Kier alpha value is -0.200. The second-order valence-corrected chi connectivity index (χ2v) is 24.6. The van der Waals surface area contributed by atoms with Gasteiger partial charge in [0, 0.05) is 32.5 Å². The highest BCUT2D eigenvalue weighted by Crippen LogP contribution is 2.36. The van der Waals surface area contributed by atoms with Gasteiger partial charge in [0.15, 0.2) is 0 Å². The predicted molar refractivity (Wildman–Crippen MR) is 379 cm³/mol. The highest BCUT2D eigenvalue weighted by atomic mass is 16.5. The fourth-order valence-electron chi connectivity index (χ4n) is 10.2. The molecule has 3 aliphatic carbocycles. The van der Waals surface area contributed by atoms with Crippen LogP contribution in [0.2, 0.25) is 0 Å². The van der Waals surface area contributed by atoms with E-state index in [1.165, 1.54) is 154 Å². The summed E-state index contributed by atoms with van der Waals surface area (Å²) in [4.78, 5) is 0. The molecule has 2 N–H and O–H groups in total. The molecule has 5 heteroatoms. The Kier molecular flexibility index (Phi) is 91.0. The van der Waals surface area contributed by atoms with Crippen LogP contribution in [-0.4, -0.2) is 64.3 Å². The monoisotopic (exact) mass is 1160 g/mol. The van der Waals surface area contributed by atoms with Crippen molar-refractivity contribution in [3.05, 3.63) is 0 Å². The Labute approximate surface area is 520 Å². The van der Waals surface area contributed by atoms with Crippen LogP contribution in [0.4, 0.5) is 0 Å². The minimum atomic E-state index is 0.554. The van der Waals surface area contributed by atoms with Gasteiger partial charge in [0.2, 0.25) is 0 Å². The second kappa shape index (κ2) is 75.9. The molecule has 502 valence electrons. The summed E-state index contributed by atoms with van der Waals surface area (Å²) in [5, 5.41) is 6.93. The molecule has 0 aromatic heterocycles. The van der Waals surface area contributed by atoms with Crippen molar-refractivity contribution in [3.8, 4) is 0 Å². The normalized spacial score (nSPS) is 21.6. The first-order valence-electron chi connectivity index (χ1n) is 37.2. The fraction of sp³-hybridized carbons (Fsp3) is 1.00. The standard InChI is InChI=1S/2C8H17N.2C8H16O.C8H16.C7H14O.C7H14.C6H12.8C2H6/c1-7(2)8-4-3-5-9-6-8;1-7(2)8-5-3-4-6-9-8;1-7(2)8-3-5-9-6-4-8;1-7(2)8-5-3-4-6-9-8;1-7(2)8-5-3-4-6-8;1-6(2)7-4-3-5-8-7;1-6(2)7-4-3-5-7;1-5(2)6-3-4-6;8*1-2/h2*7-9H,3-6H2,1-2H3;2*7-8H,3-6H2,1-2H3;7-8H,3-6H2,1-2H3;6-7H,3-5H2,1-2H3;6-7H,3-5H2,1-2H3;5-6H,3-4H2,1-2H3;8*1-2H3. The van der Waals surface area contributed by atoms with Crippen LogP contribution in [0, 0.1) is 76.9 Å². The molecule has 0 spiro atoms. The van der Waals surface area contributed by atoms with Crippen LogP contribution in [0.15, 0.2) is 0 Å². The van der Waals surface area contributed by atoms with Gasteiger partial charge in [-0.1, -0.05) is 273 Å². The van der Waals surface area contributed by atoms with Gasteiger partial charge >= 0.3 is 0 Å². The minimum absolute atomic E-state index is 0.554. The molecule has 0 amide bonds. The van der Waals surface area contributed by atoms with Crippen LogP contribution in [0.3, 0.4) is 0 Å². The van der Waals surface area contributed by atoms with Crippen LogP contribution in [0.1, 0.15) is 356 Å². The zero-order valence-electron chi connectivity index (χ0n) is 63.3. The maximum absolute atomic E-state index is 5.54. The van der Waals surface area contributed by atoms with E-state index in [1.807, 2.05) is 111 Å². The third-order valence-electron chi connectivity index (χ3n) is 16.3. The van der Waals surface area contributed by atoms with E-state index in [-0.39, 0.29) is 0 Å². The molecule has 5 aliphatic heterocycles. The van der Waals surface area contributed by atoms with Crippen LogP contribution in [0.5, 0.6) is 0 Å². The third kappa shape index (κ3) is 64.1. The first kappa shape index (κ1) is 97.1. The number of hydrogen-bond acceptors (Lipinski definition) is 5. The van der Waals surface area contributed by atoms with E-state index in [9.17, 15) is 0 Å². The molecule has 3 saturated carbocycles. The van der Waals surface area contributed by atoms with Crippen LogP contribution >= 0.6 is 0 Å². The topological polar surface area (TPSA) is 51.8 Å². The highest BCUT2D eigenvalue weighted by molar-refractivity contribution is 4.76. The molecule has 0 bridgehead atoms. The van der Waals surface area contributed by atoms with Crippen molar-refractivity contribution in [1.82, 2.24) is 10.6 Å². The molecular weight excluding hydrogens is 989 g/mol. The molecular formula is C76H170N2O3. The summed E-state index contributed by atoms with van der Waals surface area (Å²) in [6, 6.07) is 0.804. The molecule has 5 saturated heterocycles. The summed E-state index contributed by atoms with van der Waals surface area (Å²) < 4.78 is 16.2. The largest absolute Gasteiger partial charge is 0.381 e. The molecule has 8 fully saturated rings. The molecule has 4 unspecified atom stereocenters. The van der Waals surface area contributed by atoms with Gasteiger partial charge in [0.05, 0.1) is 12.2 Å². The van der Waals surface area contributed by atoms with E-state index < -0.39 is 0 Å². The summed E-state index contributed by atoms with van der Waals surface area (Å²) in [5.41, 5.74) is 0. The quantitative estimate of drug-likeness (QED) is 0.254. The molecule has 0 aromatic rings. The zero-order valence-corrected chi connectivity index (χ0v) is 63.3. The van der Waals surface area contributed by atoms with Gasteiger partial charge < -0.3 is 24.8 Å². The lowest BCUT2D eigenvalue weighted by molar-refractivity contribution is -0.0115. The summed E-state index contributed by atoms with van der Waals surface area (Å²) in [6.07, 6.45) is 30.6. The first-order valence-corrected chi connectivity index (χ1v) is 37.2. The van der Waals surface area contributed by atoms with Crippen molar-refractivity contribution in [2.75, 3.05) is 46.1 Å². The number of piperidine rings is 2. The molecule has 5 heterocycles. The van der Waals surface area contributed by atoms with E-state index in [4.69, 9.17) is 14.2 Å². The lowest BCUT2D eigenvalue weighted by Gasteiger charge is -2.28. The number of rotatable bonds is 8. The van der Waals surface area contributed by atoms with E-state index in [2.05, 4.69) is 121 Å². The summed E-state index contributed by atoms with van der Waals surface area (Å²) >= 11 is 0. The van der Waals surface area contributed by atoms with E-state index in [0.29, 0.717) is 18.1 Å². The van der Waals surface area contributed by atoms with Gasteiger partial charge in [0.1, 0.15) is 0 Å². The SMILES string of the molecule is CC.CC.CC.CC.CC.CC.CC.CC.CC(C)C1CC1.CC(C)C1CCC1.CC(C)C1CCCC1.CC(C)C1CCCCN1.CC(C)C1CCCCO1.CC(C)C1CCCNC1.CC(C)C1CCCO1.CC(C)C1CCOCC1. The van der Waals surface area contributed by atoms with Crippen LogP contribution in [0.25, 0.3) is 0 Å². The van der Waals surface area contributed by atoms with Crippen molar-refractivity contribution in [3.63, 3.8) is 0 Å². The lowest BCUT2D eigenvalue weighted by Crippen LogP contribution is -2.37. The Morgan fingerprint density at radius 3 is 0.778 bits per heavy atom. The molecule has 8 rings (SSSR count). The van der Waals surface area contributed by atoms with E-state index in [1.54, 1.807) is 0 Å². The average Bonchev–Trinajstić information content (AvgIpc) is 3.91. The fourth-order valence-corrected chi connectivity index (χ4v) is 10.2. The Morgan fingerprint density at radius 2 is 0.593 bits per heavy atom. The Balaban J connectivity index is -0.000000121. The number of hydrogen-bond donors (Lipinski definition) is 2. The zero-order chi connectivity index (χ0) is 64.6. The van der Waals surface area contributed by atoms with Crippen molar-refractivity contribution in [2.24, 2.45) is 76.9 Å². The van der Waals surface area contributed by atoms with Crippen molar-refractivity contribution >= 4 is 0 Å². The molecule has 0 aromatic carbocycles. The van der Waals surface area contributed by atoms with Crippen molar-refractivity contribution in [2.45, 2.75) is 375 Å². The van der Waals surface area contributed by atoms with Gasteiger partial charge in [-0.3, -0.25) is 0 Å². The van der Waals surface area contributed by atoms with Gasteiger partial charge in [-0.15, -0.1) is 0 Å². The van der Waals surface area contributed by atoms with Crippen molar-refractivity contribution < 1.29 is 14.2 Å². The van der Waals surface area contributed by atoms with E-state index in [0.717, 1.165) is 103 Å². The van der Waals surface area contributed by atoms with E-state index >= 15 is 0 Å². The molecule has 4 atom stereocenters. The second-order valence-electron chi connectivity index (χ2n) is 24.6. The smallest absolute Gasteiger partial charge is 0.0598 e. The minimum Gasteiger partial charge on any atom is -0.381 e. The average molecular weight is 1160 g/mol. The van der Waals surface area contributed by atoms with Gasteiger partial charge in [0.25, 0.3) is 0 Å². The number of ether oxygens (including phenoxy) is 3. The number of nitrogens with one attached hydrogen (secondary N) is 2. The molecule has 0 radical (unpaired) electrons. The molecule has 81 heavy (non-hydrogen) atoms. The molecule has 8 aliphatic rings. The van der Waals surface area contributed by atoms with Crippen LogP contribution < -0.4 is 10.6 Å². The first-order chi connectivity index (χ1) is 38.9.